The normalized spacial score (nSPS) is 29.9. The zero-order chi connectivity index (χ0) is 21.5. The highest BCUT2D eigenvalue weighted by atomic mass is 16.5. The average Bonchev–Trinajstić information content (AvgIpc) is 3.20. The summed E-state index contributed by atoms with van der Waals surface area (Å²) in [5.74, 6) is 2.11. The molecule has 168 valence electrons. The van der Waals surface area contributed by atoms with Crippen LogP contribution in [0.3, 0.4) is 0 Å². The molecule has 0 aromatic carbocycles. The fourth-order valence-electron chi connectivity index (χ4n) is 5.94. The summed E-state index contributed by atoms with van der Waals surface area (Å²) in [6, 6.07) is 3.88. The van der Waals surface area contributed by atoms with Gasteiger partial charge in [-0.25, -0.2) is 9.50 Å². The number of hydrogen-bond donors (Lipinski definition) is 1. The first-order valence-corrected chi connectivity index (χ1v) is 12.1. The summed E-state index contributed by atoms with van der Waals surface area (Å²) in [6.07, 6.45) is 13.4. The van der Waals surface area contributed by atoms with E-state index in [9.17, 15) is 0 Å². The smallest absolute Gasteiger partial charge is 0.241 e. The van der Waals surface area contributed by atoms with E-state index < -0.39 is 0 Å². The van der Waals surface area contributed by atoms with Gasteiger partial charge in [0.2, 0.25) is 5.95 Å². The van der Waals surface area contributed by atoms with Crippen molar-refractivity contribution < 1.29 is 4.74 Å². The largest absolute Gasteiger partial charge is 0.383 e. The number of fused-ring (bicyclic) bond motifs is 3. The lowest BCUT2D eigenvalue weighted by Crippen LogP contribution is -2.34. The van der Waals surface area contributed by atoms with Gasteiger partial charge in [-0.1, -0.05) is 25.8 Å². The molecule has 3 aliphatic rings. The van der Waals surface area contributed by atoms with E-state index >= 15 is 0 Å². The summed E-state index contributed by atoms with van der Waals surface area (Å²) in [7, 11) is 4.01. The van der Waals surface area contributed by atoms with Gasteiger partial charge in [0.25, 0.3) is 0 Å². The molecular weight excluding hydrogens is 386 g/mol. The molecule has 6 nitrogen and oxygen atoms in total. The Bertz CT molecular complexity index is 958. The van der Waals surface area contributed by atoms with Crippen LogP contribution in [0, 0.1) is 5.92 Å². The molecule has 0 radical (unpaired) electrons. The Kier molecular flexibility index (Phi) is 5.78. The Labute approximate surface area is 186 Å². The number of likely N-dealkylation sites (N-methyl/N-ethyl adjacent to an activating group) is 1. The summed E-state index contributed by atoms with van der Waals surface area (Å²) in [5.41, 5.74) is 5.38. The number of nitrogens with one attached hydrogen (secondary N) is 1. The van der Waals surface area contributed by atoms with Gasteiger partial charge in [0.1, 0.15) is 0 Å². The van der Waals surface area contributed by atoms with E-state index in [0.29, 0.717) is 30.6 Å². The van der Waals surface area contributed by atoms with Crippen LogP contribution in [0.2, 0.25) is 0 Å². The second-order valence-electron chi connectivity index (χ2n) is 10.2. The van der Waals surface area contributed by atoms with Crippen LogP contribution in [0.1, 0.15) is 76.0 Å². The lowest BCUT2D eigenvalue weighted by molar-refractivity contribution is 0.190. The van der Waals surface area contributed by atoms with Crippen LogP contribution < -0.4 is 5.32 Å². The predicted octanol–water partition coefficient (Wildman–Crippen LogP) is 4.72. The van der Waals surface area contributed by atoms with Crippen molar-refractivity contribution in [3.05, 3.63) is 29.6 Å². The highest BCUT2D eigenvalue weighted by Gasteiger charge is 2.35. The molecule has 4 heterocycles. The summed E-state index contributed by atoms with van der Waals surface area (Å²) in [5, 5.41) is 8.38. The van der Waals surface area contributed by atoms with Gasteiger partial charge in [0.05, 0.1) is 18.3 Å². The fraction of sp³-hybridized carbons (Fsp3) is 0.680. The SMILES string of the molecule is COC[C@H](C)Nc1ncc2c(C3=C[C@@H]4CC[C@H](C3)N4C)cc(C3CCC(C)CC3)n2n1. The Morgan fingerprint density at radius 2 is 2.00 bits per heavy atom. The number of anilines is 1. The first-order valence-electron chi connectivity index (χ1n) is 12.1. The number of aromatic nitrogens is 3. The molecule has 2 aromatic heterocycles. The maximum atomic E-state index is 5.27. The third-order valence-corrected chi connectivity index (χ3v) is 7.86. The van der Waals surface area contributed by atoms with Crippen molar-refractivity contribution in [1.29, 1.82) is 0 Å². The molecule has 5 rings (SSSR count). The third-order valence-electron chi connectivity index (χ3n) is 7.86. The maximum absolute atomic E-state index is 5.27. The molecule has 0 unspecified atom stereocenters. The van der Waals surface area contributed by atoms with Gasteiger partial charge < -0.3 is 10.1 Å². The van der Waals surface area contributed by atoms with Crippen molar-refractivity contribution in [2.75, 3.05) is 26.1 Å². The quantitative estimate of drug-likeness (QED) is 0.729. The molecule has 1 N–H and O–H groups in total. The van der Waals surface area contributed by atoms with E-state index in [1.165, 1.54) is 55.4 Å². The van der Waals surface area contributed by atoms with E-state index in [1.807, 2.05) is 6.20 Å². The van der Waals surface area contributed by atoms with Gasteiger partial charge in [0.15, 0.2) is 0 Å². The fourth-order valence-corrected chi connectivity index (χ4v) is 5.94. The van der Waals surface area contributed by atoms with Crippen LogP contribution in [0.4, 0.5) is 5.95 Å². The zero-order valence-electron chi connectivity index (χ0n) is 19.5. The molecule has 1 saturated heterocycles. The molecule has 2 aliphatic heterocycles. The Hall–Kier alpha value is -1.92. The van der Waals surface area contributed by atoms with E-state index in [0.717, 1.165) is 17.9 Å². The lowest BCUT2D eigenvalue weighted by Gasteiger charge is -2.30. The first kappa shape index (κ1) is 21.0. The monoisotopic (exact) mass is 423 g/mol. The lowest BCUT2D eigenvalue weighted by atomic mass is 9.81. The molecule has 31 heavy (non-hydrogen) atoms. The van der Waals surface area contributed by atoms with E-state index in [2.05, 4.69) is 52.8 Å². The number of hydrogen-bond acceptors (Lipinski definition) is 5. The van der Waals surface area contributed by atoms with Crippen LogP contribution in [-0.4, -0.2) is 58.4 Å². The third kappa shape index (κ3) is 4.00. The molecule has 6 heteroatoms. The van der Waals surface area contributed by atoms with Crippen molar-refractivity contribution in [3.8, 4) is 0 Å². The van der Waals surface area contributed by atoms with Crippen LogP contribution >= 0.6 is 0 Å². The van der Waals surface area contributed by atoms with Gasteiger partial charge in [-0.2, -0.15) is 0 Å². The molecule has 2 bridgehead atoms. The van der Waals surface area contributed by atoms with Crippen molar-refractivity contribution in [2.45, 2.75) is 82.8 Å². The predicted molar refractivity (Wildman–Crippen MR) is 125 cm³/mol. The number of nitrogens with zero attached hydrogens (tertiary/aromatic N) is 4. The summed E-state index contributed by atoms with van der Waals surface area (Å²) in [4.78, 5) is 7.24. The second-order valence-corrected chi connectivity index (χ2v) is 10.2. The molecule has 2 aromatic rings. The summed E-state index contributed by atoms with van der Waals surface area (Å²) in [6.45, 7) is 5.12. The molecule has 3 atom stereocenters. The molecule has 1 aliphatic carbocycles. The summed E-state index contributed by atoms with van der Waals surface area (Å²) >= 11 is 0. The van der Waals surface area contributed by atoms with Crippen molar-refractivity contribution in [3.63, 3.8) is 0 Å². The first-order chi connectivity index (χ1) is 15.0. The van der Waals surface area contributed by atoms with Crippen molar-refractivity contribution in [1.82, 2.24) is 19.5 Å². The van der Waals surface area contributed by atoms with Gasteiger partial charge >= 0.3 is 0 Å². The molecular formula is C25H37N5O. The standard InChI is InChI=1S/C25H37N5O/c1-16-5-7-18(8-6-16)23-13-22(19-11-20-9-10-21(12-19)29(20)3)24-14-26-25(28-30(23)24)27-17(2)15-31-4/h11,13-14,16-18,20-21H,5-10,12,15H2,1-4H3,(H,27,28)/t16?,17-,18?,20-,21+/m0/s1. The van der Waals surface area contributed by atoms with Crippen LogP contribution in [0.25, 0.3) is 11.1 Å². The van der Waals surface area contributed by atoms with E-state index in [1.54, 1.807) is 7.11 Å². The van der Waals surface area contributed by atoms with E-state index in [4.69, 9.17) is 9.84 Å². The highest BCUT2D eigenvalue weighted by Crippen LogP contribution is 2.42. The highest BCUT2D eigenvalue weighted by molar-refractivity contribution is 5.80. The van der Waals surface area contributed by atoms with Gasteiger partial charge in [-0.05, 0) is 63.6 Å². The molecule has 0 amide bonds. The maximum Gasteiger partial charge on any atom is 0.241 e. The number of rotatable bonds is 6. The Balaban J connectivity index is 1.54. The summed E-state index contributed by atoms with van der Waals surface area (Å²) < 4.78 is 7.47. The zero-order valence-corrected chi connectivity index (χ0v) is 19.5. The second kappa shape index (κ2) is 8.55. The van der Waals surface area contributed by atoms with Gasteiger partial charge in [0, 0.05) is 42.4 Å². The average molecular weight is 424 g/mol. The minimum absolute atomic E-state index is 0.170. The molecule has 2 fully saturated rings. The van der Waals surface area contributed by atoms with Gasteiger partial charge in [-0.15, -0.1) is 5.10 Å². The van der Waals surface area contributed by atoms with Crippen LogP contribution in [0.5, 0.6) is 0 Å². The minimum Gasteiger partial charge on any atom is -0.383 e. The molecule has 0 spiro atoms. The number of ether oxygens (including phenoxy) is 1. The van der Waals surface area contributed by atoms with Crippen molar-refractivity contribution >= 4 is 17.0 Å². The topological polar surface area (TPSA) is 54.7 Å². The molecule has 1 saturated carbocycles. The van der Waals surface area contributed by atoms with Crippen molar-refractivity contribution in [2.24, 2.45) is 5.92 Å². The van der Waals surface area contributed by atoms with Crippen LogP contribution in [-0.2, 0) is 4.74 Å². The van der Waals surface area contributed by atoms with E-state index in [-0.39, 0.29) is 6.04 Å². The number of methoxy groups -OCH3 is 1. The van der Waals surface area contributed by atoms with Gasteiger partial charge in [-0.3, -0.25) is 4.90 Å². The minimum atomic E-state index is 0.170. The Morgan fingerprint density at radius 1 is 1.19 bits per heavy atom. The van der Waals surface area contributed by atoms with Crippen LogP contribution in [0.15, 0.2) is 18.3 Å². The Morgan fingerprint density at radius 3 is 2.74 bits per heavy atom.